The van der Waals surface area contributed by atoms with Crippen molar-refractivity contribution in [2.75, 3.05) is 0 Å². The van der Waals surface area contributed by atoms with E-state index in [9.17, 15) is 0 Å². The molecular weight excluding hydrogens is 310 g/mol. The quantitative estimate of drug-likeness (QED) is 0.839. The molecule has 0 aliphatic carbocycles. The average molecular weight is 344 g/mol. The Hall–Kier alpha value is -1.81. The van der Waals surface area contributed by atoms with Gasteiger partial charge in [0.2, 0.25) is 0 Å². The van der Waals surface area contributed by atoms with Gasteiger partial charge in [-0.25, -0.2) is 0 Å². The van der Waals surface area contributed by atoms with Gasteiger partial charge in [-0.3, -0.25) is 4.68 Å². The van der Waals surface area contributed by atoms with Crippen molar-refractivity contribution in [1.29, 1.82) is 0 Å². The maximum Gasteiger partial charge on any atom is 0.120 e. The third-order valence-electron chi connectivity index (χ3n) is 4.51. The molecule has 4 nitrogen and oxygen atoms in total. The second-order valence-corrected chi connectivity index (χ2v) is 8.05. The molecule has 2 atom stereocenters. The fourth-order valence-electron chi connectivity index (χ4n) is 3.18. The van der Waals surface area contributed by atoms with Crippen LogP contribution in [0.15, 0.2) is 24.3 Å². The van der Waals surface area contributed by atoms with Gasteiger partial charge in [-0.1, -0.05) is 12.1 Å². The molecule has 1 aromatic heterocycles. The number of aromatic nitrogens is 2. The lowest BCUT2D eigenvalue weighted by Gasteiger charge is -2.23. The smallest absolute Gasteiger partial charge is 0.120 e. The molecule has 1 N–H and O–H groups in total. The number of hydrogen-bond donors (Lipinski definition) is 1. The van der Waals surface area contributed by atoms with Gasteiger partial charge in [0, 0.05) is 24.8 Å². The van der Waals surface area contributed by atoms with Crippen LogP contribution in [0.4, 0.5) is 0 Å². The van der Waals surface area contributed by atoms with Gasteiger partial charge in [0.1, 0.15) is 11.4 Å². The van der Waals surface area contributed by atoms with Crippen molar-refractivity contribution < 1.29 is 4.74 Å². The number of hydrogen-bond acceptors (Lipinski definition) is 3. The zero-order valence-electron chi connectivity index (χ0n) is 17.0. The van der Waals surface area contributed by atoms with E-state index >= 15 is 0 Å². The molecule has 4 heteroatoms. The Morgan fingerprint density at radius 1 is 1.12 bits per heavy atom. The highest BCUT2D eigenvalue weighted by Gasteiger charge is 2.16. The zero-order chi connectivity index (χ0) is 18.8. The first kappa shape index (κ1) is 19.5. The Labute approximate surface area is 152 Å². The molecule has 25 heavy (non-hydrogen) atoms. The summed E-state index contributed by atoms with van der Waals surface area (Å²) in [6.45, 7) is 14.9. The zero-order valence-corrected chi connectivity index (χ0v) is 17.0. The lowest BCUT2D eigenvalue weighted by molar-refractivity contribution is 0.131. The molecule has 138 valence electrons. The van der Waals surface area contributed by atoms with Crippen LogP contribution in [0.5, 0.6) is 5.75 Å². The number of benzene rings is 1. The van der Waals surface area contributed by atoms with Crippen molar-refractivity contribution in [2.45, 2.75) is 72.6 Å². The van der Waals surface area contributed by atoms with Crippen LogP contribution in [-0.2, 0) is 13.5 Å². The minimum absolute atomic E-state index is 0.167. The molecule has 0 saturated heterocycles. The summed E-state index contributed by atoms with van der Waals surface area (Å²) in [5, 5.41) is 8.21. The summed E-state index contributed by atoms with van der Waals surface area (Å²) in [5.74, 6) is 0.915. The Balaban J connectivity index is 1.97. The van der Waals surface area contributed by atoms with Crippen LogP contribution in [0.3, 0.4) is 0 Å². The average Bonchev–Trinajstić information content (AvgIpc) is 2.72. The van der Waals surface area contributed by atoms with Crippen LogP contribution in [0.2, 0.25) is 0 Å². The lowest BCUT2D eigenvalue weighted by Crippen LogP contribution is -2.31. The van der Waals surface area contributed by atoms with Crippen molar-refractivity contribution in [3.8, 4) is 5.75 Å². The summed E-state index contributed by atoms with van der Waals surface area (Å²) in [4.78, 5) is 0. The monoisotopic (exact) mass is 343 g/mol. The fraction of sp³-hybridized carbons (Fsp3) is 0.571. The van der Waals surface area contributed by atoms with Crippen molar-refractivity contribution in [1.82, 2.24) is 15.1 Å². The second-order valence-electron chi connectivity index (χ2n) is 8.05. The molecule has 0 bridgehead atoms. The normalized spacial score (nSPS) is 14.4. The SMILES string of the molecule is Cc1nn(C)c(C)c1C[C@@H](C)N[C@H](C)c1ccc(OC(C)(C)C)cc1. The fourth-order valence-corrected chi connectivity index (χ4v) is 3.18. The Bertz CT molecular complexity index is 695. The molecule has 0 unspecified atom stereocenters. The summed E-state index contributed by atoms with van der Waals surface area (Å²) in [7, 11) is 2.01. The van der Waals surface area contributed by atoms with E-state index in [4.69, 9.17) is 4.74 Å². The van der Waals surface area contributed by atoms with E-state index in [0.717, 1.165) is 17.9 Å². The molecular formula is C21H33N3O. The van der Waals surface area contributed by atoms with Crippen LogP contribution in [0, 0.1) is 13.8 Å². The van der Waals surface area contributed by atoms with Gasteiger partial charge in [0.15, 0.2) is 0 Å². The molecule has 0 amide bonds. The highest BCUT2D eigenvalue weighted by Crippen LogP contribution is 2.22. The largest absolute Gasteiger partial charge is 0.488 e. The van der Waals surface area contributed by atoms with Gasteiger partial charge >= 0.3 is 0 Å². The number of aryl methyl sites for hydroxylation is 2. The van der Waals surface area contributed by atoms with Crippen LogP contribution < -0.4 is 10.1 Å². The number of nitrogens with zero attached hydrogens (tertiary/aromatic N) is 2. The van der Waals surface area contributed by atoms with Gasteiger partial charge in [0.05, 0.1) is 5.69 Å². The van der Waals surface area contributed by atoms with Crippen molar-refractivity contribution in [3.63, 3.8) is 0 Å². The first-order chi connectivity index (χ1) is 11.6. The van der Waals surface area contributed by atoms with Crippen LogP contribution >= 0.6 is 0 Å². The molecule has 0 fully saturated rings. The van der Waals surface area contributed by atoms with Gasteiger partial charge in [-0.05, 0) is 78.1 Å². The Morgan fingerprint density at radius 2 is 1.72 bits per heavy atom. The maximum absolute atomic E-state index is 5.90. The maximum atomic E-state index is 5.90. The highest BCUT2D eigenvalue weighted by atomic mass is 16.5. The molecule has 2 rings (SSSR count). The van der Waals surface area contributed by atoms with Crippen molar-refractivity contribution >= 4 is 0 Å². The highest BCUT2D eigenvalue weighted by molar-refractivity contribution is 5.30. The summed E-state index contributed by atoms with van der Waals surface area (Å²) in [6.07, 6.45) is 0.987. The molecule has 0 aliphatic heterocycles. The summed E-state index contributed by atoms with van der Waals surface area (Å²) < 4.78 is 7.86. The van der Waals surface area contributed by atoms with Crippen molar-refractivity contribution in [2.24, 2.45) is 7.05 Å². The minimum atomic E-state index is -0.167. The molecule has 1 aromatic carbocycles. The third kappa shape index (κ3) is 5.33. The lowest BCUT2D eigenvalue weighted by atomic mass is 10.0. The predicted octanol–water partition coefficient (Wildman–Crippen LogP) is 4.50. The summed E-state index contributed by atoms with van der Waals surface area (Å²) >= 11 is 0. The Morgan fingerprint density at radius 3 is 2.20 bits per heavy atom. The van der Waals surface area contributed by atoms with Gasteiger partial charge in [-0.15, -0.1) is 0 Å². The topological polar surface area (TPSA) is 39.1 Å². The first-order valence-corrected chi connectivity index (χ1v) is 9.11. The second kappa shape index (κ2) is 7.61. The Kier molecular flexibility index (Phi) is 5.94. The van der Waals surface area contributed by atoms with Crippen LogP contribution in [0.25, 0.3) is 0 Å². The van der Waals surface area contributed by atoms with E-state index in [1.54, 1.807) is 0 Å². The van der Waals surface area contributed by atoms with Gasteiger partial charge in [-0.2, -0.15) is 5.10 Å². The molecule has 0 spiro atoms. The van der Waals surface area contributed by atoms with Gasteiger partial charge in [0.25, 0.3) is 0 Å². The molecule has 0 radical (unpaired) electrons. The van der Waals surface area contributed by atoms with E-state index in [2.05, 4.69) is 83.1 Å². The van der Waals surface area contributed by atoms with Crippen LogP contribution in [0.1, 0.15) is 63.2 Å². The van der Waals surface area contributed by atoms with E-state index in [0.29, 0.717) is 6.04 Å². The van der Waals surface area contributed by atoms with Gasteiger partial charge < -0.3 is 10.1 Å². The standard InChI is InChI=1S/C21H33N3O/c1-14(13-20-16(3)23-24(8)17(20)4)22-15(2)18-9-11-19(12-10-18)25-21(5,6)7/h9-12,14-15,22H,13H2,1-8H3/t14-,15-/m1/s1. The van der Waals surface area contributed by atoms with E-state index in [1.807, 2.05) is 11.7 Å². The molecule has 1 heterocycles. The molecule has 2 aromatic rings. The van der Waals surface area contributed by atoms with E-state index in [1.165, 1.54) is 16.8 Å². The predicted molar refractivity (Wildman–Crippen MR) is 104 cm³/mol. The third-order valence-corrected chi connectivity index (χ3v) is 4.51. The van der Waals surface area contributed by atoms with Crippen molar-refractivity contribution in [3.05, 3.63) is 46.8 Å². The first-order valence-electron chi connectivity index (χ1n) is 9.11. The van der Waals surface area contributed by atoms with Crippen LogP contribution in [-0.4, -0.2) is 21.4 Å². The number of nitrogens with one attached hydrogen (secondary N) is 1. The minimum Gasteiger partial charge on any atom is -0.488 e. The summed E-state index contributed by atoms with van der Waals surface area (Å²) in [5.41, 5.74) is 4.84. The molecule has 0 aliphatic rings. The molecule has 0 saturated carbocycles. The number of rotatable bonds is 6. The van der Waals surface area contributed by atoms with E-state index < -0.39 is 0 Å². The number of ether oxygens (including phenoxy) is 1. The van der Waals surface area contributed by atoms with E-state index in [-0.39, 0.29) is 11.6 Å². The summed E-state index contributed by atoms with van der Waals surface area (Å²) in [6, 6.07) is 9.06.